The van der Waals surface area contributed by atoms with Crippen molar-refractivity contribution in [1.29, 1.82) is 0 Å². The minimum absolute atomic E-state index is 0.0670. The van der Waals surface area contributed by atoms with Gasteiger partial charge in [0.05, 0.1) is 21.3 Å². The van der Waals surface area contributed by atoms with Crippen LogP contribution in [0, 0.1) is 6.92 Å². The number of anilines is 1. The summed E-state index contributed by atoms with van der Waals surface area (Å²) in [5.74, 6) is 1.07. The molecule has 0 spiro atoms. The van der Waals surface area contributed by atoms with Gasteiger partial charge in [0.2, 0.25) is 0 Å². The van der Waals surface area contributed by atoms with E-state index in [0.29, 0.717) is 33.6 Å². The maximum atomic E-state index is 13.2. The van der Waals surface area contributed by atoms with Crippen molar-refractivity contribution >= 4 is 28.7 Å². The maximum absolute atomic E-state index is 13.2. The predicted molar refractivity (Wildman–Crippen MR) is 142 cm³/mol. The Labute approximate surface area is 218 Å². The van der Waals surface area contributed by atoms with Crippen molar-refractivity contribution in [2.45, 2.75) is 6.92 Å². The molecule has 1 aromatic heterocycles. The van der Waals surface area contributed by atoms with Gasteiger partial charge in [0, 0.05) is 29.1 Å². The van der Waals surface area contributed by atoms with E-state index in [1.54, 1.807) is 45.4 Å². The molecule has 0 bridgehead atoms. The second kappa shape index (κ2) is 11.0. The van der Waals surface area contributed by atoms with Crippen LogP contribution in [0.1, 0.15) is 15.9 Å². The van der Waals surface area contributed by atoms with E-state index in [9.17, 15) is 14.4 Å². The molecule has 2 amide bonds. The van der Waals surface area contributed by atoms with Gasteiger partial charge in [-0.25, -0.2) is 9.59 Å². The van der Waals surface area contributed by atoms with E-state index in [1.807, 2.05) is 24.3 Å². The lowest BCUT2D eigenvalue weighted by molar-refractivity contribution is 0.102. The molecule has 4 rings (SSSR count). The quantitative estimate of drug-likeness (QED) is 0.335. The molecule has 0 radical (unpaired) electrons. The van der Waals surface area contributed by atoms with Crippen LogP contribution in [-0.2, 0) is 0 Å². The maximum Gasteiger partial charge on any atom is 0.412 e. The number of rotatable bonds is 7. The van der Waals surface area contributed by atoms with E-state index < -0.39 is 17.6 Å². The third kappa shape index (κ3) is 5.10. The molecule has 196 valence electrons. The first kappa shape index (κ1) is 26.1. The molecule has 0 saturated heterocycles. The fraction of sp³-hybridized carbons (Fsp3) is 0.179. The van der Waals surface area contributed by atoms with Crippen LogP contribution in [0.4, 0.5) is 10.5 Å². The smallest absolute Gasteiger partial charge is 0.412 e. The van der Waals surface area contributed by atoms with Gasteiger partial charge in [0.15, 0.2) is 11.5 Å². The third-order valence-corrected chi connectivity index (χ3v) is 5.88. The summed E-state index contributed by atoms with van der Waals surface area (Å²) in [5, 5.41) is 5.44. The highest BCUT2D eigenvalue weighted by Crippen LogP contribution is 2.38. The van der Waals surface area contributed by atoms with Crippen LogP contribution < -0.4 is 35.2 Å². The molecule has 38 heavy (non-hydrogen) atoms. The van der Waals surface area contributed by atoms with Crippen molar-refractivity contribution in [2.75, 3.05) is 33.7 Å². The Hall–Kier alpha value is -4.99. The minimum Gasteiger partial charge on any atom is -0.497 e. The van der Waals surface area contributed by atoms with Crippen molar-refractivity contribution in [3.05, 3.63) is 76.1 Å². The molecule has 0 unspecified atom stereocenters. The normalized spacial score (nSPS) is 10.6. The minimum atomic E-state index is -0.772. The van der Waals surface area contributed by atoms with E-state index >= 15 is 0 Å². The molecular formula is C28H26N2O8. The number of aryl methyl sites for hydroxylation is 1. The van der Waals surface area contributed by atoms with Crippen LogP contribution in [0.25, 0.3) is 22.1 Å². The number of nitrogens with one attached hydrogen (secondary N) is 2. The SMILES string of the molecule is CNC(=O)Oc1c(OC)cc2cc(NC(=O)c3ccc(OC)c(-c4cccc(OC)c4)c3)c(=O)oc2c1C. The largest absolute Gasteiger partial charge is 0.497 e. The number of carbonyl (C=O) groups is 2. The Kier molecular flexibility index (Phi) is 7.52. The molecule has 10 nitrogen and oxygen atoms in total. The molecule has 3 aromatic carbocycles. The summed E-state index contributed by atoms with van der Waals surface area (Å²) in [5.41, 5.74) is 1.50. The number of ether oxygens (including phenoxy) is 4. The third-order valence-electron chi connectivity index (χ3n) is 5.88. The standard InChI is InChI=1S/C28H26N2O8/c1-15-24-18(14-23(36-5)25(15)38-28(33)29-2)13-21(27(32)37-24)30-26(31)17-9-10-22(35-4)20(12-17)16-7-6-8-19(11-16)34-3/h6-14H,1-5H3,(H,29,33)(H,30,31). The van der Waals surface area contributed by atoms with Gasteiger partial charge in [-0.05, 0) is 55.0 Å². The van der Waals surface area contributed by atoms with Gasteiger partial charge in [0.1, 0.15) is 22.8 Å². The Bertz CT molecular complexity index is 1590. The molecule has 0 atom stereocenters. The molecule has 2 N–H and O–H groups in total. The van der Waals surface area contributed by atoms with Crippen LogP contribution in [0.2, 0.25) is 0 Å². The zero-order valence-electron chi connectivity index (χ0n) is 21.5. The molecule has 0 aliphatic heterocycles. The topological polar surface area (TPSA) is 125 Å². The van der Waals surface area contributed by atoms with E-state index in [-0.39, 0.29) is 22.8 Å². The molecule has 4 aromatic rings. The lowest BCUT2D eigenvalue weighted by Gasteiger charge is -2.14. The highest BCUT2D eigenvalue weighted by atomic mass is 16.6. The average Bonchev–Trinajstić information content (AvgIpc) is 2.94. The molecule has 0 aliphatic rings. The van der Waals surface area contributed by atoms with E-state index in [2.05, 4.69) is 10.6 Å². The fourth-order valence-corrected chi connectivity index (χ4v) is 3.95. The van der Waals surface area contributed by atoms with Gasteiger partial charge < -0.3 is 34.0 Å². The van der Waals surface area contributed by atoms with Gasteiger partial charge >= 0.3 is 11.7 Å². The monoisotopic (exact) mass is 518 g/mol. The summed E-state index contributed by atoms with van der Waals surface area (Å²) in [7, 11) is 5.95. The molecule has 1 heterocycles. The van der Waals surface area contributed by atoms with Crippen molar-refractivity contribution in [1.82, 2.24) is 5.32 Å². The summed E-state index contributed by atoms with van der Waals surface area (Å²) in [6.45, 7) is 1.63. The van der Waals surface area contributed by atoms with Crippen LogP contribution >= 0.6 is 0 Å². The summed E-state index contributed by atoms with van der Waals surface area (Å²) >= 11 is 0. The summed E-state index contributed by atoms with van der Waals surface area (Å²) in [4.78, 5) is 37.7. The Morgan fingerprint density at radius 3 is 2.34 bits per heavy atom. The van der Waals surface area contributed by atoms with E-state index in [4.69, 9.17) is 23.4 Å². The second-order valence-corrected chi connectivity index (χ2v) is 8.14. The zero-order valence-corrected chi connectivity index (χ0v) is 21.5. The number of fused-ring (bicyclic) bond motifs is 1. The lowest BCUT2D eigenvalue weighted by Crippen LogP contribution is -2.23. The molecule has 10 heteroatoms. The first-order valence-corrected chi connectivity index (χ1v) is 11.5. The number of methoxy groups -OCH3 is 3. The number of hydrogen-bond acceptors (Lipinski definition) is 8. The molecule has 0 fully saturated rings. The molecule has 0 saturated carbocycles. The predicted octanol–water partition coefficient (Wildman–Crippen LogP) is 4.76. The van der Waals surface area contributed by atoms with Crippen molar-refractivity contribution in [2.24, 2.45) is 0 Å². The van der Waals surface area contributed by atoms with Gasteiger partial charge in [0.25, 0.3) is 5.91 Å². The highest BCUT2D eigenvalue weighted by Gasteiger charge is 2.20. The van der Waals surface area contributed by atoms with Crippen molar-refractivity contribution in [3.63, 3.8) is 0 Å². The molecule has 0 aliphatic carbocycles. The number of hydrogen-bond donors (Lipinski definition) is 2. The Morgan fingerprint density at radius 1 is 0.895 bits per heavy atom. The van der Waals surface area contributed by atoms with E-state index in [1.165, 1.54) is 20.2 Å². The fourth-order valence-electron chi connectivity index (χ4n) is 3.95. The Balaban J connectivity index is 1.71. The second-order valence-electron chi connectivity index (χ2n) is 8.14. The zero-order chi connectivity index (χ0) is 27.4. The van der Waals surface area contributed by atoms with Crippen molar-refractivity contribution < 1.29 is 33.0 Å². The van der Waals surface area contributed by atoms with Crippen LogP contribution in [0.15, 0.2) is 63.8 Å². The number of carbonyl (C=O) groups excluding carboxylic acids is 2. The van der Waals surface area contributed by atoms with E-state index in [0.717, 1.165) is 5.56 Å². The van der Waals surface area contributed by atoms with Gasteiger partial charge in [-0.2, -0.15) is 0 Å². The van der Waals surface area contributed by atoms with Crippen LogP contribution in [-0.4, -0.2) is 40.4 Å². The van der Waals surface area contributed by atoms with Gasteiger partial charge in [-0.15, -0.1) is 0 Å². The van der Waals surface area contributed by atoms with Gasteiger partial charge in [-0.1, -0.05) is 12.1 Å². The van der Waals surface area contributed by atoms with Crippen LogP contribution in [0.3, 0.4) is 0 Å². The van der Waals surface area contributed by atoms with Crippen molar-refractivity contribution in [3.8, 4) is 34.1 Å². The average molecular weight is 519 g/mol. The van der Waals surface area contributed by atoms with Crippen LogP contribution in [0.5, 0.6) is 23.0 Å². The summed E-state index contributed by atoms with van der Waals surface area (Å²) in [6, 6.07) is 15.3. The summed E-state index contributed by atoms with van der Waals surface area (Å²) in [6.07, 6.45) is -0.704. The number of amides is 2. The first-order chi connectivity index (χ1) is 18.3. The lowest BCUT2D eigenvalue weighted by atomic mass is 10.0. The summed E-state index contributed by atoms with van der Waals surface area (Å²) < 4.78 is 26.9. The highest BCUT2D eigenvalue weighted by molar-refractivity contribution is 6.06. The number of benzene rings is 3. The van der Waals surface area contributed by atoms with Gasteiger partial charge in [-0.3, -0.25) is 4.79 Å². The Morgan fingerprint density at radius 2 is 1.66 bits per heavy atom. The first-order valence-electron chi connectivity index (χ1n) is 11.5. The molecular weight excluding hydrogens is 492 g/mol.